The number of amides is 1. The van der Waals surface area contributed by atoms with Gasteiger partial charge in [0.05, 0.1) is 18.1 Å². The van der Waals surface area contributed by atoms with E-state index < -0.39 is 11.9 Å². The standard InChI is InChI=1S/C15H21NO4/c1-10(7-8-11-4-3-9-20-11)16-14(17)12-5-2-6-13(12)15(18)19/h3-4,9-10,12-13H,2,5-8H2,1H3,(H,16,17)(H,18,19)/t10?,12-,13+/m1/s1. The van der Waals surface area contributed by atoms with Gasteiger partial charge in [0.1, 0.15) is 5.76 Å². The number of rotatable bonds is 6. The van der Waals surface area contributed by atoms with Crippen molar-refractivity contribution in [1.29, 1.82) is 0 Å². The normalized spacial score (nSPS) is 23.4. The summed E-state index contributed by atoms with van der Waals surface area (Å²) in [6, 6.07) is 3.77. The highest BCUT2D eigenvalue weighted by atomic mass is 16.4. The number of carboxylic acid groups (broad SMARTS) is 1. The van der Waals surface area contributed by atoms with Crippen molar-refractivity contribution in [2.24, 2.45) is 11.8 Å². The molecular weight excluding hydrogens is 258 g/mol. The third-order valence-electron chi connectivity index (χ3n) is 3.96. The van der Waals surface area contributed by atoms with Crippen LogP contribution in [-0.4, -0.2) is 23.0 Å². The molecule has 110 valence electrons. The maximum Gasteiger partial charge on any atom is 0.307 e. The number of hydrogen-bond acceptors (Lipinski definition) is 3. The van der Waals surface area contributed by atoms with Gasteiger partial charge in [-0.3, -0.25) is 9.59 Å². The van der Waals surface area contributed by atoms with Crippen molar-refractivity contribution in [3.05, 3.63) is 24.2 Å². The maximum atomic E-state index is 12.1. The van der Waals surface area contributed by atoms with Crippen molar-refractivity contribution >= 4 is 11.9 Å². The number of carboxylic acids is 1. The molecule has 1 aliphatic rings. The van der Waals surface area contributed by atoms with Crippen molar-refractivity contribution in [2.45, 2.75) is 45.1 Å². The lowest BCUT2D eigenvalue weighted by Gasteiger charge is -2.19. The van der Waals surface area contributed by atoms with Crippen molar-refractivity contribution in [3.63, 3.8) is 0 Å². The largest absolute Gasteiger partial charge is 0.481 e. The summed E-state index contributed by atoms with van der Waals surface area (Å²) in [5, 5.41) is 12.0. The van der Waals surface area contributed by atoms with Gasteiger partial charge in [-0.1, -0.05) is 6.42 Å². The quantitative estimate of drug-likeness (QED) is 0.836. The lowest BCUT2D eigenvalue weighted by molar-refractivity contribution is -0.146. The van der Waals surface area contributed by atoms with Gasteiger partial charge in [-0.15, -0.1) is 0 Å². The molecule has 3 atom stereocenters. The Morgan fingerprint density at radius 2 is 2.20 bits per heavy atom. The van der Waals surface area contributed by atoms with Crippen LogP contribution >= 0.6 is 0 Å². The molecule has 0 spiro atoms. The third kappa shape index (κ3) is 3.62. The molecule has 0 aliphatic heterocycles. The van der Waals surface area contributed by atoms with Gasteiger partial charge < -0.3 is 14.8 Å². The van der Waals surface area contributed by atoms with E-state index in [0.717, 1.165) is 25.0 Å². The Morgan fingerprint density at radius 3 is 2.85 bits per heavy atom. The Balaban J connectivity index is 1.79. The second-order valence-electron chi connectivity index (χ2n) is 5.51. The van der Waals surface area contributed by atoms with Crippen molar-refractivity contribution in [1.82, 2.24) is 5.32 Å². The van der Waals surface area contributed by atoms with E-state index in [1.165, 1.54) is 0 Å². The first-order chi connectivity index (χ1) is 9.58. The van der Waals surface area contributed by atoms with E-state index in [1.807, 2.05) is 19.1 Å². The topological polar surface area (TPSA) is 79.5 Å². The van der Waals surface area contributed by atoms with Crippen LogP contribution in [0.3, 0.4) is 0 Å². The first kappa shape index (κ1) is 14.6. The number of carbonyl (C=O) groups excluding carboxylic acids is 1. The van der Waals surface area contributed by atoms with Crippen LogP contribution in [0.15, 0.2) is 22.8 Å². The van der Waals surface area contributed by atoms with Crippen LogP contribution in [0.2, 0.25) is 0 Å². The van der Waals surface area contributed by atoms with Gasteiger partial charge in [0.2, 0.25) is 5.91 Å². The molecule has 0 bridgehead atoms. The van der Waals surface area contributed by atoms with Crippen LogP contribution in [-0.2, 0) is 16.0 Å². The van der Waals surface area contributed by atoms with Crippen LogP contribution in [0, 0.1) is 11.8 Å². The van der Waals surface area contributed by atoms with Gasteiger partial charge in [0, 0.05) is 12.5 Å². The number of aliphatic carboxylic acids is 1. The molecule has 1 heterocycles. The van der Waals surface area contributed by atoms with E-state index in [1.54, 1.807) is 6.26 Å². The molecule has 1 aromatic rings. The van der Waals surface area contributed by atoms with E-state index in [9.17, 15) is 9.59 Å². The van der Waals surface area contributed by atoms with Crippen molar-refractivity contribution < 1.29 is 19.1 Å². The fraction of sp³-hybridized carbons (Fsp3) is 0.600. The van der Waals surface area contributed by atoms with Gasteiger partial charge in [0.15, 0.2) is 0 Å². The van der Waals surface area contributed by atoms with Crippen LogP contribution in [0.5, 0.6) is 0 Å². The summed E-state index contributed by atoms with van der Waals surface area (Å²) < 4.78 is 5.25. The second kappa shape index (κ2) is 6.59. The third-order valence-corrected chi connectivity index (χ3v) is 3.96. The van der Waals surface area contributed by atoms with Crippen LogP contribution < -0.4 is 5.32 Å². The first-order valence-electron chi connectivity index (χ1n) is 7.13. The molecule has 5 heteroatoms. The predicted molar refractivity (Wildman–Crippen MR) is 73.1 cm³/mol. The van der Waals surface area contributed by atoms with Gasteiger partial charge in [-0.05, 0) is 38.3 Å². The van der Waals surface area contributed by atoms with Crippen molar-refractivity contribution in [3.8, 4) is 0 Å². The summed E-state index contributed by atoms with van der Waals surface area (Å²) in [6.45, 7) is 1.94. The second-order valence-corrected chi connectivity index (χ2v) is 5.51. The average Bonchev–Trinajstić information content (AvgIpc) is 3.07. The molecule has 1 saturated carbocycles. The lowest BCUT2D eigenvalue weighted by atomic mass is 9.95. The molecule has 1 fully saturated rings. The number of hydrogen-bond donors (Lipinski definition) is 2. The highest BCUT2D eigenvalue weighted by Crippen LogP contribution is 2.32. The molecule has 2 rings (SSSR count). The first-order valence-corrected chi connectivity index (χ1v) is 7.13. The van der Waals surface area contributed by atoms with E-state index in [2.05, 4.69) is 5.32 Å². The molecular formula is C15H21NO4. The SMILES string of the molecule is CC(CCc1ccco1)NC(=O)[C@@H]1CCC[C@@H]1C(=O)O. The zero-order valence-corrected chi connectivity index (χ0v) is 11.7. The summed E-state index contributed by atoms with van der Waals surface area (Å²) in [7, 11) is 0. The number of nitrogens with one attached hydrogen (secondary N) is 1. The molecule has 1 amide bonds. The van der Waals surface area contributed by atoms with Crippen LogP contribution in [0.25, 0.3) is 0 Å². The van der Waals surface area contributed by atoms with E-state index in [4.69, 9.17) is 9.52 Å². The number of aryl methyl sites for hydroxylation is 1. The molecule has 0 saturated heterocycles. The molecule has 2 N–H and O–H groups in total. The Labute approximate surface area is 118 Å². The predicted octanol–water partition coefficient (Wildman–Crippen LogP) is 2.22. The average molecular weight is 279 g/mol. The fourth-order valence-electron chi connectivity index (χ4n) is 2.81. The summed E-state index contributed by atoms with van der Waals surface area (Å²) in [6.07, 6.45) is 5.28. The van der Waals surface area contributed by atoms with E-state index >= 15 is 0 Å². The fourth-order valence-corrected chi connectivity index (χ4v) is 2.81. The Hall–Kier alpha value is -1.78. The van der Waals surface area contributed by atoms with Gasteiger partial charge in [0.25, 0.3) is 0 Å². The van der Waals surface area contributed by atoms with Crippen molar-refractivity contribution in [2.75, 3.05) is 0 Å². The minimum Gasteiger partial charge on any atom is -0.481 e. The minimum absolute atomic E-state index is 0.0163. The van der Waals surface area contributed by atoms with Crippen LogP contribution in [0.4, 0.5) is 0 Å². The smallest absolute Gasteiger partial charge is 0.307 e. The molecule has 20 heavy (non-hydrogen) atoms. The van der Waals surface area contributed by atoms with Crippen LogP contribution in [0.1, 0.15) is 38.4 Å². The molecule has 0 aromatic carbocycles. The van der Waals surface area contributed by atoms with E-state index in [0.29, 0.717) is 12.8 Å². The molecule has 1 aromatic heterocycles. The van der Waals surface area contributed by atoms with Gasteiger partial charge >= 0.3 is 5.97 Å². The van der Waals surface area contributed by atoms with Gasteiger partial charge in [-0.25, -0.2) is 0 Å². The zero-order valence-electron chi connectivity index (χ0n) is 11.7. The highest BCUT2D eigenvalue weighted by molar-refractivity contribution is 5.85. The number of carbonyl (C=O) groups is 2. The Morgan fingerprint density at radius 1 is 1.45 bits per heavy atom. The summed E-state index contributed by atoms with van der Waals surface area (Å²) >= 11 is 0. The minimum atomic E-state index is -0.856. The lowest BCUT2D eigenvalue weighted by Crippen LogP contribution is -2.40. The molecule has 1 aliphatic carbocycles. The maximum absolute atomic E-state index is 12.1. The summed E-state index contributed by atoms with van der Waals surface area (Å²) in [5.41, 5.74) is 0. The summed E-state index contributed by atoms with van der Waals surface area (Å²) in [5.74, 6) is -0.978. The summed E-state index contributed by atoms with van der Waals surface area (Å²) in [4.78, 5) is 23.2. The highest BCUT2D eigenvalue weighted by Gasteiger charge is 2.37. The van der Waals surface area contributed by atoms with Gasteiger partial charge in [-0.2, -0.15) is 0 Å². The Bertz CT molecular complexity index is 454. The molecule has 0 radical (unpaired) electrons. The zero-order chi connectivity index (χ0) is 14.5. The molecule has 5 nitrogen and oxygen atoms in total. The van der Waals surface area contributed by atoms with E-state index in [-0.39, 0.29) is 17.9 Å². The Kier molecular flexibility index (Phi) is 4.82. The monoisotopic (exact) mass is 279 g/mol. The molecule has 1 unspecified atom stereocenters. The number of furan rings is 1.